The lowest BCUT2D eigenvalue weighted by molar-refractivity contribution is 0.466. The molecule has 23 heavy (non-hydrogen) atoms. The van der Waals surface area contributed by atoms with Crippen molar-refractivity contribution in [3.63, 3.8) is 0 Å². The maximum absolute atomic E-state index is 5.88. The first kappa shape index (κ1) is 14.0. The number of hydrogen-bond acceptors (Lipinski definition) is 2. The fraction of sp³-hybridized carbons (Fsp3) is 0.190. The molecule has 0 radical (unpaired) electrons. The van der Waals surface area contributed by atoms with Crippen molar-refractivity contribution in [1.82, 2.24) is 4.98 Å². The van der Waals surface area contributed by atoms with E-state index in [1.165, 1.54) is 22.3 Å². The van der Waals surface area contributed by atoms with E-state index in [4.69, 9.17) is 4.42 Å². The van der Waals surface area contributed by atoms with Gasteiger partial charge in [-0.05, 0) is 18.1 Å². The molecule has 3 aromatic rings. The summed E-state index contributed by atoms with van der Waals surface area (Å²) in [5.41, 5.74) is 5.96. The Labute approximate surface area is 136 Å². The number of aryl methyl sites for hydroxylation is 2. The van der Waals surface area contributed by atoms with E-state index in [0.717, 1.165) is 23.8 Å². The average Bonchev–Trinajstić information content (AvgIpc) is 2.96. The number of oxazole rings is 1. The van der Waals surface area contributed by atoms with Crippen LogP contribution in [0.2, 0.25) is 0 Å². The number of aromatic nitrogens is 1. The molecule has 4 rings (SSSR count). The van der Waals surface area contributed by atoms with Crippen molar-refractivity contribution < 1.29 is 4.42 Å². The van der Waals surface area contributed by atoms with E-state index in [0.29, 0.717) is 5.92 Å². The Hall–Kier alpha value is -2.61. The molecule has 0 spiro atoms. The Balaban J connectivity index is 1.84. The largest absolute Gasteiger partial charge is 0.445 e. The topological polar surface area (TPSA) is 26.0 Å². The number of hydrogen-bond donors (Lipinski definition) is 0. The minimum atomic E-state index is 0.326. The lowest BCUT2D eigenvalue weighted by atomic mass is 9.84. The molecule has 1 heterocycles. The normalized spacial score (nSPS) is 16.8. The second-order valence-electron chi connectivity index (χ2n) is 6.17. The van der Waals surface area contributed by atoms with Crippen molar-refractivity contribution in [2.24, 2.45) is 0 Å². The SMILES string of the molecule is Cc1ccc(C2=CC(c3ccccc3)Cc3oc(C)nc32)cc1. The highest BCUT2D eigenvalue weighted by Crippen LogP contribution is 2.38. The zero-order chi connectivity index (χ0) is 15.8. The van der Waals surface area contributed by atoms with Crippen molar-refractivity contribution in [2.75, 3.05) is 0 Å². The van der Waals surface area contributed by atoms with Crippen LogP contribution in [-0.4, -0.2) is 4.98 Å². The van der Waals surface area contributed by atoms with Gasteiger partial charge in [0, 0.05) is 24.8 Å². The summed E-state index contributed by atoms with van der Waals surface area (Å²) in [4.78, 5) is 4.62. The second kappa shape index (κ2) is 5.54. The van der Waals surface area contributed by atoms with Crippen LogP contribution in [0.5, 0.6) is 0 Å². The van der Waals surface area contributed by atoms with Crippen LogP contribution in [0.3, 0.4) is 0 Å². The molecule has 0 aliphatic heterocycles. The molecule has 2 heteroatoms. The van der Waals surface area contributed by atoms with Crippen LogP contribution in [0.25, 0.3) is 5.57 Å². The highest BCUT2D eigenvalue weighted by Gasteiger charge is 2.26. The van der Waals surface area contributed by atoms with Gasteiger partial charge in [-0.1, -0.05) is 66.2 Å². The minimum absolute atomic E-state index is 0.326. The van der Waals surface area contributed by atoms with Crippen LogP contribution in [0.15, 0.2) is 65.1 Å². The van der Waals surface area contributed by atoms with Gasteiger partial charge in [-0.3, -0.25) is 0 Å². The quantitative estimate of drug-likeness (QED) is 0.661. The molecule has 1 unspecified atom stereocenters. The summed E-state index contributed by atoms with van der Waals surface area (Å²) in [6, 6.07) is 19.2. The zero-order valence-corrected chi connectivity index (χ0v) is 13.4. The van der Waals surface area contributed by atoms with Crippen LogP contribution < -0.4 is 0 Å². The standard InChI is InChI=1S/C21H19NO/c1-14-8-10-17(11-9-14)19-12-18(16-6-4-3-5-7-16)13-20-21(19)22-15(2)23-20/h3-12,18H,13H2,1-2H3. The molecule has 0 saturated carbocycles. The Kier molecular flexibility index (Phi) is 3.38. The number of allylic oxidation sites excluding steroid dienone is 1. The minimum Gasteiger partial charge on any atom is -0.445 e. The van der Waals surface area contributed by atoms with Crippen LogP contribution >= 0.6 is 0 Å². The summed E-state index contributed by atoms with van der Waals surface area (Å²) < 4.78 is 5.88. The summed E-state index contributed by atoms with van der Waals surface area (Å²) in [5.74, 6) is 2.06. The van der Waals surface area contributed by atoms with E-state index in [1.54, 1.807) is 0 Å². The van der Waals surface area contributed by atoms with E-state index < -0.39 is 0 Å². The van der Waals surface area contributed by atoms with Gasteiger partial charge in [0.2, 0.25) is 0 Å². The smallest absolute Gasteiger partial charge is 0.191 e. The van der Waals surface area contributed by atoms with Gasteiger partial charge in [0.05, 0.1) is 0 Å². The molecule has 1 aliphatic carbocycles. The van der Waals surface area contributed by atoms with Crippen molar-refractivity contribution >= 4 is 5.57 Å². The average molecular weight is 301 g/mol. The number of benzene rings is 2. The lowest BCUT2D eigenvalue weighted by Crippen LogP contribution is -2.08. The third-order valence-electron chi connectivity index (χ3n) is 4.42. The molecular weight excluding hydrogens is 282 g/mol. The van der Waals surface area contributed by atoms with Crippen molar-refractivity contribution in [3.05, 3.63) is 94.7 Å². The van der Waals surface area contributed by atoms with Crippen molar-refractivity contribution in [1.29, 1.82) is 0 Å². The van der Waals surface area contributed by atoms with Crippen molar-refractivity contribution in [2.45, 2.75) is 26.2 Å². The molecule has 0 N–H and O–H groups in total. The van der Waals surface area contributed by atoms with Crippen LogP contribution in [-0.2, 0) is 6.42 Å². The highest BCUT2D eigenvalue weighted by atomic mass is 16.4. The maximum atomic E-state index is 5.88. The third kappa shape index (κ3) is 2.61. The highest BCUT2D eigenvalue weighted by molar-refractivity contribution is 5.81. The lowest BCUT2D eigenvalue weighted by Gasteiger charge is -2.20. The van der Waals surface area contributed by atoms with Gasteiger partial charge in [-0.2, -0.15) is 0 Å². The Morgan fingerprint density at radius 2 is 1.70 bits per heavy atom. The molecule has 0 fully saturated rings. The van der Waals surface area contributed by atoms with E-state index in [2.05, 4.69) is 72.6 Å². The summed E-state index contributed by atoms with van der Waals surface area (Å²) in [5, 5.41) is 0. The van der Waals surface area contributed by atoms with E-state index in [-0.39, 0.29) is 0 Å². The van der Waals surface area contributed by atoms with Gasteiger partial charge < -0.3 is 4.42 Å². The fourth-order valence-electron chi connectivity index (χ4n) is 3.24. The predicted octanol–water partition coefficient (Wildman–Crippen LogP) is 5.06. The molecular formula is C21H19NO. The van der Waals surface area contributed by atoms with E-state index >= 15 is 0 Å². The molecule has 2 aromatic carbocycles. The fourth-order valence-corrected chi connectivity index (χ4v) is 3.24. The molecule has 0 amide bonds. The Morgan fingerprint density at radius 3 is 2.43 bits per heavy atom. The van der Waals surface area contributed by atoms with Gasteiger partial charge in [-0.25, -0.2) is 4.98 Å². The maximum Gasteiger partial charge on any atom is 0.191 e. The van der Waals surface area contributed by atoms with Gasteiger partial charge in [-0.15, -0.1) is 0 Å². The van der Waals surface area contributed by atoms with Gasteiger partial charge in [0.25, 0.3) is 0 Å². The molecule has 0 saturated heterocycles. The van der Waals surface area contributed by atoms with Crippen LogP contribution in [0.1, 0.15) is 40.0 Å². The summed E-state index contributed by atoms with van der Waals surface area (Å²) in [7, 11) is 0. The number of fused-ring (bicyclic) bond motifs is 1. The molecule has 1 aliphatic rings. The summed E-state index contributed by atoms with van der Waals surface area (Å²) in [6.45, 7) is 4.03. The van der Waals surface area contributed by atoms with Gasteiger partial charge in [0.1, 0.15) is 11.5 Å². The molecule has 1 atom stereocenters. The molecule has 114 valence electrons. The summed E-state index contributed by atoms with van der Waals surface area (Å²) in [6.07, 6.45) is 3.21. The Morgan fingerprint density at radius 1 is 0.957 bits per heavy atom. The third-order valence-corrected chi connectivity index (χ3v) is 4.42. The number of nitrogens with zero attached hydrogens (tertiary/aromatic N) is 1. The molecule has 1 aromatic heterocycles. The zero-order valence-electron chi connectivity index (χ0n) is 13.4. The van der Waals surface area contributed by atoms with E-state index in [1.807, 2.05) is 6.92 Å². The predicted molar refractivity (Wildman–Crippen MR) is 92.4 cm³/mol. The van der Waals surface area contributed by atoms with Crippen LogP contribution in [0, 0.1) is 13.8 Å². The molecule has 0 bridgehead atoms. The van der Waals surface area contributed by atoms with Crippen molar-refractivity contribution in [3.8, 4) is 0 Å². The van der Waals surface area contributed by atoms with E-state index in [9.17, 15) is 0 Å². The number of rotatable bonds is 2. The van der Waals surface area contributed by atoms with Gasteiger partial charge in [0.15, 0.2) is 5.89 Å². The Bertz CT molecular complexity index is 857. The first-order valence-electron chi connectivity index (χ1n) is 8.01. The monoisotopic (exact) mass is 301 g/mol. The summed E-state index contributed by atoms with van der Waals surface area (Å²) >= 11 is 0. The van der Waals surface area contributed by atoms with Crippen LogP contribution in [0.4, 0.5) is 0 Å². The molecule has 2 nitrogen and oxygen atoms in total. The van der Waals surface area contributed by atoms with Gasteiger partial charge >= 0.3 is 0 Å². The first-order valence-corrected chi connectivity index (χ1v) is 8.01. The second-order valence-corrected chi connectivity index (χ2v) is 6.17. The first-order chi connectivity index (χ1) is 11.2.